The van der Waals surface area contributed by atoms with Crippen molar-refractivity contribution >= 4 is 15.9 Å². The topological polar surface area (TPSA) is 0 Å². The maximum Gasteiger partial charge on any atom is 0.0185 e. The summed E-state index contributed by atoms with van der Waals surface area (Å²) in [6, 6.07) is 0. The van der Waals surface area contributed by atoms with Crippen LogP contribution >= 0.6 is 15.9 Å². The molecule has 0 heterocycles. The summed E-state index contributed by atoms with van der Waals surface area (Å²) in [5.74, 6) is 0. The first kappa shape index (κ1) is 7.96. The average molecular weight is 175 g/mol. The molecule has 0 aromatic heterocycles. The highest BCUT2D eigenvalue weighted by Crippen LogP contribution is 2.18. The van der Waals surface area contributed by atoms with E-state index in [1.807, 2.05) is 6.92 Å². The van der Waals surface area contributed by atoms with Gasteiger partial charge in [-0.15, -0.1) is 0 Å². The summed E-state index contributed by atoms with van der Waals surface area (Å²) in [6.07, 6.45) is 0. The van der Waals surface area contributed by atoms with E-state index in [0.29, 0.717) is 0 Å². The van der Waals surface area contributed by atoms with Crippen LogP contribution < -0.4 is 0 Å². The summed E-state index contributed by atoms with van der Waals surface area (Å²) in [5, 5.41) is 0. The lowest BCUT2D eigenvalue weighted by molar-refractivity contribution is 1.34. The number of halogens is 1. The third-order valence-corrected chi connectivity index (χ3v) is 2.28. The molecular formula is C7H11Br. The Morgan fingerprint density at radius 2 is 1.62 bits per heavy atom. The first-order valence-corrected chi connectivity index (χ1v) is 3.34. The van der Waals surface area contributed by atoms with Crippen LogP contribution in [0, 0.1) is 0 Å². The molecule has 0 spiro atoms. The lowest BCUT2D eigenvalue weighted by atomic mass is 10.2. The van der Waals surface area contributed by atoms with E-state index in [9.17, 15) is 0 Å². The Bertz CT molecular complexity index is 127. The van der Waals surface area contributed by atoms with Crippen molar-refractivity contribution in [3.05, 3.63) is 22.2 Å². The lowest BCUT2D eigenvalue weighted by Crippen LogP contribution is -1.74. The fourth-order valence-corrected chi connectivity index (χ4v) is 0.427. The molecule has 0 fully saturated rings. The molecule has 0 N–H and O–H groups in total. The molecule has 0 nitrogen and oxygen atoms in total. The zero-order valence-electron chi connectivity index (χ0n) is 5.59. The summed E-state index contributed by atoms with van der Waals surface area (Å²) in [6.45, 7) is 9.86. The quantitative estimate of drug-likeness (QED) is 0.536. The van der Waals surface area contributed by atoms with Gasteiger partial charge in [-0.3, -0.25) is 0 Å². The normalized spacial score (nSPS) is 8.50. The van der Waals surface area contributed by atoms with Crippen LogP contribution in [0.25, 0.3) is 0 Å². The van der Waals surface area contributed by atoms with Gasteiger partial charge in [0, 0.05) is 4.48 Å². The van der Waals surface area contributed by atoms with Gasteiger partial charge in [0.2, 0.25) is 0 Å². The standard InChI is InChI=1S/C7H11Br/c1-5(2)7(8)6(3)4/h1H2,2-4H3. The maximum absolute atomic E-state index is 3.77. The molecule has 0 aliphatic rings. The summed E-state index contributed by atoms with van der Waals surface area (Å²) in [5.41, 5.74) is 2.36. The monoisotopic (exact) mass is 174 g/mol. The average Bonchev–Trinajstić information content (AvgIpc) is 1.64. The Morgan fingerprint density at radius 3 is 1.62 bits per heavy atom. The van der Waals surface area contributed by atoms with Crippen LogP contribution in [0.2, 0.25) is 0 Å². The summed E-state index contributed by atoms with van der Waals surface area (Å²) >= 11 is 3.39. The lowest BCUT2D eigenvalue weighted by Gasteiger charge is -1.96. The smallest absolute Gasteiger partial charge is 0.0185 e. The van der Waals surface area contributed by atoms with Crippen molar-refractivity contribution in [1.29, 1.82) is 0 Å². The third-order valence-electron chi connectivity index (χ3n) is 0.814. The van der Waals surface area contributed by atoms with Gasteiger partial charge in [0.25, 0.3) is 0 Å². The second-order valence-corrected chi connectivity index (χ2v) is 2.89. The Kier molecular flexibility index (Phi) is 3.06. The van der Waals surface area contributed by atoms with Gasteiger partial charge in [0.1, 0.15) is 0 Å². The minimum atomic E-state index is 1.09. The van der Waals surface area contributed by atoms with Crippen molar-refractivity contribution in [3.63, 3.8) is 0 Å². The number of allylic oxidation sites excluding steroid dienone is 3. The fraction of sp³-hybridized carbons (Fsp3) is 0.429. The number of rotatable bonds is 1. The molecule has 0 aromatic carbocycles. The van der Waals surface area contributed by atoms with E-state index in [4.69, 9.17) is 0 Å². The molecule has 0 saturated carbocycles. The van der Waals surface area contributed by atoms with Crippen LogP contribution in [-0.4, -0.2) is 0 Å². The summed E-state index contributed by atoms with van der Waals surface area (Å²) < 4.78 is 1.14. The highest BCUT2D eigenvalue weighted by Gasteiger charge is 1.91. The van der Waals surface area contributed by atoms with Gasteiger partial charge in [-0.25, -0.2) is 0 Å². The molecule has 0 rings (SSSR count). The van der Waals surface area contributed by atoms with E-state index in [1.165, 1.54) is 5.57 Å². The summed E-state index contributed by atoms with van der Waals surface area (Å²) in [7, 11) is 0. The van der Waals surface area contributed by atoms with Gasteiger partial charge in [-0.1, -0.05) is 28.1 Å². The number of hydrogen-bond acceptors (Lipinski definition) is 0. The van der Waals surface area contributed by atoms with Crippen LogP contribution in [0.3, 0.4) is 0 Å². The van der Waals surface area contributed by atoms with Crippen molar-refractivity contribution in [3.8, 4) is 0 Å². The largest absolute Gasteiger partial charge is 0.0950 e. The van der Waals surface area contributed by atoms with E-state index < -0.39 is 0 Å². The van der Waals surface area contributed by atoms with E-state index in [0.717, 1.165) is 10.1 Å². The summed E-state index contributed by atoms with van der Waals surface area (Å²) in [4.78, 5) is 0. The van der Waals surface area contributed by atoms with Crippen molar-refractivity contribution in [2.45, 2.75) is 20.8 Å². The molecule has 0 bridgehead atoms. The van der Waals surface area contributed by atoms with E-state index in [1.54, 1.807) is 0 Å². The minimum absolute atomic E-state index is 1.09. The van der Waals surface area contributed by atoms with Crippen LogP contribution in [0.15, 0.2) is 22.2 Å². The molecule has 0 aromatic rings. The van der Waals surface area contributed by atoms with E-state index >= 15 is 0 Å². The van der Waals surface area contributed by atoms with E-state index in [2.05, 4.69) is 36.4 Å². The van der Waals surface area contributed by atoms with Crippen LogP contribution in [-0.2, 0) is 0 Å². The van der Waals surface area contributed by atoms with Gasteiger partial charge in [0.15, 0.2) is 0 Å². The molecule has 8 heavy (non-hydrogen) atoms. The van der Waals surface area contributed by atoms with Crippen molar-refractivity contribution in [1.82, 2.24) is 0 Å². The fourth-order valence-electron chi connectivity index (χ4n) is 0.427. The molecule has 1 heteroatoms. The van der Waals surface area contributed by atoms with Crippen molar-refractivity contribution < 1.29 is 0 Å². The zero-order valence-corrected chi connectivity index (χ0v) is 7.17. The van der Waals surface area contributed by atoms with Crippen molar-refractivity contribution in [2.24, 2.45) is 0 Å². The van der Waals surface area contributed by atoms with Crippen LogP contribution in [0.1, 0.15) is 20.8 Å². The zero-order chi connectivity index (χ0) is 6.73. The van der Waals surface area contributed by atoms with Gasteiger partial charge in [0.05, 0.1) is 0 Å². The second kappa shape index (κ2) is 3.08. The molecule has 0 atom stereocenters. The van der Waals surface area contributed by atoms with Crippen LogP contribution in [0.4, 0.5) is 0 Å². The highest BCUT2D eigenvalue weighted by atomic mass is 79.9. The number of hydrogen-bond donors (Lipinski definition) is 0. The second-order valence-electron chi connectivity index (χ2n) is 2.09. The van der Waals surface area contributed by atoms with Crippen LogP contribution in [0.5, 0.6) is 0 Å². The highest BCUT2D eigenvalue weighted by molar-refractivity contribution is 9.12. The van der Waals surface area contributed by atoms with Gasteiger partial charge >= 0.3 is 0 Å². The molecule has 46 valence electrons. The first-order chi connectivity index (χ1) is 3.55. The Balaban J connectivity index is 4.23. The molecule has 0 unspecified atom stereocenters. The Morgan fingerprint density at radius 1 is 1.25 bits per heavy atom. The van der Waals surface area contributed by atoms with Crippen molar-refractivity contribution in [2.75, 3.05) is 0 Å². The molecule has 0 amide bonds. The molecule has 0 aliphatic carbocycles. The molecular weight excluding hydrogens is 164 g/mol. The van der Waals surface area contributed by atoms with Gasteiger partial charge in [-0.05, 0) is 26.3 Å². The predicted molar refractivity (Wildman–Crippen MR) is 42.1 cm³/mol. The molecule has 0 radical (unpaired) electrons. The SMILES string of the molecule is C=C(C)C(Br)=C(C)C. The Hall–Kier alpha value is -0.0400. The third kappa shape index (κ3) is 2.31. The van der Waals surface area contributed by atoms with Gasteiger partial charge in [-0.2, -0.15) is 0 Å². The maximum atomic E-state index is 3.77. The molecule has 0 saturated heterocycles. The van der Waals surface area contributed by atoms with Gasteiger partial charge < -0.3 is 0 Å². The predicted octanol–water partition coefficient (Wildman–Crippen LogP) is 3.25. The first-order valence-electron chi connectivity index (χ1n) is 2.54. The minimum Gasteiger partial charge on any atom is -0.0950 e. The van der Waals surface area contributed by atoms with E-state index in [-0.39, 0.29) is 0 Å². The Labute approximate surface area is 59.4 Å². The molecule has 0 aliphatic heterocycles.